The summed E-state index contributed by atoms with van der Waals surface area (Å²) in [4.78, 5) is 26.0. The zero-order chi connectivity index (χ0) is 19.6. The summed E-state index contributed by atoms with van der Waals surface area (Å²) in [5.41, 5.74) is 1.05. The quantitative estimate of drug-likeness (QED) is 0.603. The number of aromatic carboxylic acids is 1. The number of amides is 1. The van der Waals surface area contributed by atoms with Crippen LogP contribution < -0.4 is 14.4 Å². The number of hydrogen-bond acceptors (Lipinski definition) is 6. The summed E-state index contributed by atoms with van der Waals surface area (Å²) >= 11 is 6.48. The molecule has 0 unspecified atom stereocenters. The molecule has 0 spiro atoms. The Bertz CT molecular complexity index is 970. The first-order valence-electron chi connectivity index (χ1n) is 7.78. The van der Waals surface area contributed by atoms with E-state index in [-0.39, 0.29) is 11.5 Å². The van der Waals surface area contributed by atoms with Crippen molar-refractivity contribution in [3.05, 3.63) is 58.5 Å². The van der Waals surface area contributed by atoms with Crippen molar-refractivity contribution in [2.45, 2.75) is 0 Å². The summed E-state index contributed by atoms with van der Waals surface area (Å²) in [6.07, 6.45) is 1.54. The Morgan fingerprint density at radius 2 is 1.93 bits per heavy atom. The highest BCUT2D eigenvalue weighted by Gasteiger charge is 2.35. The molecule has 0 bridgehead atoms. The zero-order valence-electron chi connectivity index (χ0n) is 14.5. The van der Waals surface area contributed by atoms with E-state index >= 15 is 0 Å². The van der Waals surface area contributed by atoms with Crippen LogP contribution in [0.5, 0.6) is 11.5 Å². The molecule has 1 aliphatic heterocycles. The summed E-state index contributed by atoms with van der Waals surface area (Å²) in [5.74, 6) is -0.368. The van der Waals surface area contributed by atoms with Gasteiger partial charge in [0.05, 0.1) is 30.4 Å². The summed E-state index contributed by atoms with van der Waals surface area (Å²) < 4.78 is 10.9. The van der Waals surface area contributed by atoms with E-state index in [0.717, 1.165) is 11.8 Å². The minimum Gasteiger partial charge on any atom is -0.497 e. The lowest BCUT2D eigenvalue weighted by Gasteiger charge is -2.18. The number of carbonyl (C=O) groups excluding carboxylic acids is 1. The van der Waals surface area contributed by atoms with Crippen LogP contribution in [0.4, 0.5) is 5.69 Å². The highest BCUT2D eigenvalue weighted by molar-refractivity contribution is 8.27. The summed E-state index contributed by atoms with van der Waals surface area (Å²) in [5, 5.41) is 9.32. The van der Waals surface area contributed by atoms with Crippen molar-refractivity contribution in [1.82, 2.24) is 0 Å². The average Bonchev–Trinajstić information content (AvgIpc) is 2.94. The zero-order valence-corrected chi connectivity index (χ0v) is 16.1. The minimum absolute atomic E-state index is 0.116. The van der Waals surface area contributed by atoms with Crippen LogP contribution in [0.25, 0.3) is 6.08 Å². The third-order valence-electron chi connectivity index (χ3n) is 3.90. The number of methoxy groups -OCH3 is 2. The number of rotatable bonds is 5. The third kappa shape index (κ3) is 3.67. The first-order chi connectivity index (χ1) is 13.0. The molecule has 1 aliphatic rings. The molecule has 1 fully saturated rings. The maximum absolute atomic E-state index is 12.9. The van der Waals surface area contributed by atoms with E-state index in [1.54, 1.807) is 42.5 Å². The normalized spacial score (nSPS) is 15.3. The second-order valence-electron chi connectivity index (χ2n) is 5.45. The number of anilines is 1. The molecule has 27 heavy (non-hydrogen) atoms. The van der Waals surface area contributed by atoms with E-state index in [1.165, 1.54) is 25.2 Å². The van der Waals surface area contributed by atoms with E-state index < -0.39 is 5.97 Å². The Labute approximate surface area is 165 Å². The number of carboxylic acids is 1. The molecule has 0 atom stereocenters. The molecular weight excluding hydrogens is 386 g/mol. The Morgan fingerprint density at radius 3 is 2.59 bits per heavy atom. The molecule has 0 aromatic heterocycles. The van der Waals surface area contributed by atoms with Crippen LogP contribution in [0.15, 0.2) is 47.4 Å². The van der Waals surface area contributed by atoms with Crippen LogP contribution >= 0.6 is 24.0 Å². The highest BCUT2D eigenvalue weighted by Crippen LogP contribution is 2.41. The fourth-order valence-electron chi connectivity index (χ4n) is 2.60. The molecule has 1 N–H and O–H groups in total. The lowest BCUT2D eigenvalue weighted by atomic mass is 10.1. The molecule has 138 valence electrons. The Morgan fingerprint density at radius 1 is 1.19 bits per heavy atom. The van der Waals surface area contributed by atoms with Gasteiger partial charge in [0.25, 0.3) is 5.91 Å². The first kappa shape index (κ1) is 18.9. The monoisotopic (exact) mass is 401 g/mol. The first-order valence-corrected chi connectivity index (χ1v) is 9.01. The van der Waals surface area contributed by atoms with Gasteiger partial charge >= 0.3 is 5.97 Å². The van der Waals surface area contributed by atoms with Crippen molar-refractivity contribution in [3.63, 3.8) is 0 Å². The van der Waals surface area contributed by atoms with Gasteiger partial charge in [-0.05, 0) is 29.8 Å². The van der Waals surface area contributed by atoms with Crippen molar-refractivity contribution < 1.29 is 24.2 Å². The fraction of sp³-hybridized carbons (Fsp3) is 0.105. The Hall–Kier alpha value is -2.84. The van der Waals surface area contributed by atoms with Crippen molar-refractivity contribution in [2.24, 2.45) is 0 Å². The van der Waals surface area contributed by atoms with Crippen LogP contribution in [0.2, 0.25) is 0 Å². The van der Waals surface area contributed by atoms with Gasteiger partial charge in [-0.2, -0.15) is 0 Å². The van der Waals surface area contributed by atoms with Crippen molar-refractivity contribution in [3.8, 4) is 11.5 Å². The molecule has 8 heteroatoms. The van der Waals surface area contributed by atoms with Crippen LogP contribution in [0, 0.1) is 0 Å². The number of ether oxygens (including phenoxy) is 2. The van der Waals surface area contributed by atoms with Gasteiger partial charge in [0, 0.05) is 6.07 Å². The van der Waals surface area contributed by atoms with Crippen molar-refractivity contribution in [2.75, 3.05) is 19.1 Å². The predicted octanol–water partition coefficient (Wildman–Crippen LogP) is 3.81. The van der Waals surface area contributed by atoms with Crippen LogP contribution in [-0.2, 0) is 4.79 Å². The topological polar surface area (TPSA) is 76.1 Å². The predicted molar refractivity (Wildman–Crippen MR) is 109 cm³/mol. The molecule has 0 saturated carbocycles. The van der Waals surface area contributed by atoms with Gasteiger partial charge < -0.3 is 14.6 Å². The smallest absolute Gasteiger partial charge is 0.336 e. The lowest BCUT2D eigenvalue weighted by Crippen LogP contribution is -2.27. The van der Waals surface area contributed by atoms with Gasteiger partial charge in [0.2, 0.25) is 0 Å². The molecule has 2 aromatic rings. The molecule has 1 saturated heterocycles. The van der Waals surface area contributed by atoms with E-state index in [0.29, 0.717) is 32.0 Å². The summed E-state index contributed by atoms with van der Waals surface area (Å²) in [7, 11) is 3.03. The van der Waals surface area contributed by atoms with Crippen molar-refractivity contribution >= 4 is 51.9 Å². The maximum Gasteiger partial charge on any atom is 0.336 e. The molecule has 6 nitrogen and oxygen atoms in total. The minimum atomic E-state index is -1.06. The average molecular weight is 401 g/mol. The molecule has 1 amide bonds. The lowest BCUT2D eigenvalue weighted by molar-refractivity contribution is -0.113. The van der Waals surface area contributed by atoms with E-state index in [2.05, 4.69) is 0 Å². The molecule has 1 heterocycles. The molecule has 0 radical (unpaired) electrons. The van der Waals surface area contributed by atoms with Gasteiger partial charge in [-0.25, -0.2) is 4.79 Å². The number of nitrogens with zero attached hydrogens (tertiary/aromatic N) is 1. The van der Waals surface area contributed by atoms with E-state index in [1.807, 2.05) is 0 Å². The molecule has 0 aliphatic carbocycles. The Balaban J connectivity index is 2.01. The number of thiocarbonyl (C=S) groups is 1. The van der Waals surface area contributed by atoms with Gasteiger partial charge in [-0.15, -0.1) is 0 Å². The summed E-state index contributed by atoms with van der Waals surface area (Å²) in [6.45, 7) is 0. The number of carboxylic acid groups (broad SMARTS) is 1. The summed E-state index contributed by atoms with van der Waals surface area (Å²) in [6, 6.07) is 11.5. The van der Waals surface area contributed by atoms with Gasteiger partial charge in [-0.1, -0.05) is 42.2 Å². The molecule has 3 rings (SSSR count). The second-order valence-corrected chi connectivity index (χ2v) is 7.12. The number of hydrogen-bond donors (Lipinski definition) is 1. The Kier molecular flexibility index (Phi) is 5.48. The highest BCUT2D eigenvalue weighted by atomic mass is 32.2. The van der Waals surface area contributed by atoms with Gasteiger partial charge in [0.15, 0.2) is 4.32 Å². The standard InChI is InChI=1S/C19H15NO5S2/c1-24-12-7-8-14(15(10-12)25-2)20-17(21)16(27-19(20)26)9-11-5-3-4-6-13(11)18(22)23/h3-10H,1-2H3,(H,22,23)/b16-9+. The third-order valence-corrected chi connectivity index (χ3v) is 5.20. The second kappa shape index (κ2) is 7.81. The van der Waals surface area contributed by atoms with E-state index in [9.17, 15) is 14.7 Å². The fourth-order valence-corrected chi connectivity index (χ4v) is 3.88. The number of benzene rings is 2. The van der Waals surface area contributed by atoms with Crippen LogP contribution in [0.3, 0.4) is 0 Å². The number of thioether (sulfide) groups is 1. The maximum atomic E-state index is 12.9. The van der Waals surface area contributed by atoms with Crippen LogP contribution in [-0.4, -0.2) is 35.5 Å². The molecular formula is C19H15NO5S2. The van der Waals surface area contributed by atoms with Gasteiger partial charge in [0.1, 0.15) is 11.5 Å². The van der Waals surface area contributed by atoms with Crippen molar-refractivity contribution in [1.29, 1.82) is 0 Å². The van der Waals surface area contributed by atoms with Crippen LogP contribution in [0.1, 0.15) is 15.9 Å². The SMILES string of the molecule is COc1ccc(N2C(=O)/C(=C\c3ccccc3C(=O)O)SC2=S)c(OC)c1. The van der Waals surface area contributed by atoms with E-state index in [4.69, 9.17) is 21.7 Å². The van der Waals surface area contributed by atoms with Gasteiger partial charge in [-0.3, -0.25) is 9.69 Å². The molecule has 2 aromatic carbocycles. The number of carbonyl (C=O) groups is 2. The largest absolute Gasteiger partial charge is 0.497 e.